The van der Waals surface area contributed by atoms with Crippen molar-refractivity contribution in [1.29, 1.82) is 0 Å². The van der Waals surface area contributed by atoms with Gasteiger partial charge in [0.1, 0.15) is 5.02 Å². The number of hydrogen-bond acceptors (Lipinski definition) is 4. The van der Waals surface area contributed by atoms with Gasteiger partial charge in [-0.3, -0.25) is 14.9 Å². The van der Waals surface area contributed by atoms with Crippen LogP contribution in [0.4, 0.5) is 5.69 Å². The molecular formula is C13H17ClN2O4. The molecule has 7 heteroatoms. The minimum absolute atomic E-state index is 0.0504. The normalized spacial score (nSPS) is 10.3. The zero-order valence-corrected chi connectivity index (χ0v) is 11.7. The van der Waals surface area contributed by atoms with Crippen molar-refractivity contribution >= 4 is 23.2 Å². The number of rotatable bonds is 8. The zero-order valence-electron chi connectivity index (χ0n) is 11.0. The Labute approximate surface area is 121 Å². The lowest BCUT2D eigenvalue weighted by molar-refractivity contribution is -0.384. The summed E-state index contributed by atoms with van der Waals surface area (Å²) in [5, 5.41) is 21.9. The van der Waals surface area contributed by atoms with Crippen molar-refractivity contribution < 1.29 is 14.8 Å². The van der Waals surface area contributed by atoms with E-state index in [1.165, 1.54) is 18.2 Å². The molecule has 0 saturated carbocycles. The smallest absolute Gasteiger partial charge is 0.287 e. The fourth-order valence-corrected chi connectivity index (χ4v) is 1.94. The number of nitro benzene ring substituents is 1. The summed E-state index contributed by atoms with van der Waals surface area (Å²) in [6.45, 7) is 0.715. The topological polar surface area (TPSA) is 92.5 Å². The van der Waals surface area contributed by atoms with E-state index in [2.05, 4.69) is 5.32 Å². The second-order valence-corrected chi connectivity index (χ2v) is 4.72. The summed E-state index contributed by atoms with van der Waals surface area (Å²) in [6.07, 6.45) is 3.45. The molecule has 0 unspecified atom stereocenters. The summed E-state index contributed by atoms with van der Waals surface area (Å²) in [4.78, 5) is 21.8. The molecule has 2 N–H and O–H groups in total. The number of nitro groups is 1. The van der Waals surface area contributed by atoms with Gasteiger partial charge in [-0.1, -0.05) is 24.4 Å². The van der Waals surface area contributed by atoms with Crippen molar-refractivity contribution in [3.8, 4) is 0 Å². The summed E-state index contributed by atoms with van der Waals surface area (Å²) in [6, 6.07) is 3.89. The van der Waals surface area contributed by atoms with Gasteiger partial charge in [0.15, 0.2) is 0 Å². The highest BCUT2D eigenvalue weighted by Gasteiger charge is 2.14. The quantitative estimate of drug-likeness (QED) is 0.438. The number of nitrogens with zero attached hydrogens (tertiary/aromatic N) is 1. The highest BCUT2D eigenvalue weighted by molar-refractivity contribution is 6.33. The lowest BCUT2D eigenvalue weighted by Gasteiger charge is -2.05. The SMILES string of the molecule is O=C(NCCCCCCO)c1ccc([N+](=O)[O-])c(Cl)c1. The van der Waals surface area contributed by atoms with Crippen molar-refractivity contribution in [3.63, 3.8) is 0 Å². The lowest BCUT2D eigenvalue weighted by Crippen LogP contribution is -2.24. The first kappa shape index (κ1) is 16.4. The second-order valence-electron chi connectivity index (χ2n) is 4.32. The van der Waals surface area contributed by atoms with Crippen LogP contribution in [0.5, 0.6) is 0 Å². The third-order valence-corrected chi connectivity index (χ3v) is 3.08. The first-order chi connectivity index (χ1) is 9.56. The van der Waals surface area contributed by atoms with E-state index < -0.39 is 4.92 Å². The number of aliphatic hydroxyl groups is 1. The van der Waals surface area contributed by atoms with Crippen molar-refractivity contribution in [2.45, 2.75) is 25.7 Å². The molecule has 0 fully saturated rings. The van der Waals surface area contributed by atoms with Crippen LogP contribution in [0.3, 0.4) is 0 Å². The second kappa shape index (κ2) is 8.50. The molecule has 0 heterocycles. The minimum atomic E-state index is -0.592. The highest BCUT2D eigenvalue weighted by Crippen LogP contribution is 2.24. The summed E-state index contributed by atoms with van der Waals surface area (Å²) >= 11 is 5.74. The third-order valence-electron chi connectivity index (χ3n) is 2.78. The van der Waals surface area contributed by atoms with Crippen molar-refractivity contribution in [2.75, 3.05) is 13.2 Å². The van der Waals surface area contributed by atoms with Crippen LogP contribution < -0.4 is 5.32 Å². The molecule has 0 bridgehead atoms. The Hall–Kier alpha value is -1.66. The summed E-state index contributed by atoms with van der Waals surface area (Å²) < 4.78 is 0. The van der Waals surface area contributed by atoms with Crippen LogP contribution in [0.2, 0.25) is 5.02 Å². The van der Waals surface area contributed by atoms with E-state index in [1.807, 2.05) is 0 Å². The van der Waals surface area contributed by atoms with Crippen LogP contribution in [-0.4, -0.2) is 29.1 Å². The maximum atomic E-state index is 11.8. The number of nitrogens with one attached hydrogen (secondary N) is 1. The number of benzene rings is 1. The van der Waals surface area contributed by atoms with Gasteiger partial charge in [0.25, 0.3) is 11.6 Å². The zero-order chi connectivity index (χ0) is 15.0. The third kappa shape index (κ3) is 5.14. The average Bonchev–Trinajstić information content (AvgIpc) is 2.41. The van der Waals surface area contributed by atoms with Crippen LogP contribution in [0.1, 0.15) is 36.0 Å². The van der Waals surface area contributed by atoms with Crippen molar-refractivity contribution in [2.24, 2.45) is 0 Å². The Morgan fingerprint density at radius 3 is 2.60 bits per heavy atom. The highest BCUT2D eigenvalue weighted by atomic mass is 35.5. The Morgan fingerprint density at radius 2 is 2.00 bits per heavy atom. The Balaban J connectivity index is 2.44. The van der Waals surface area contributed by atoms with Gasteiger partial charge in [-0.2, -0.15) is 0 Å². The van der Waals surface area contributed by atoms with Gasteiger partial charge in [-0.25, -0.2) is 0 Å². The number of aliphatic hydroxyl groups excluding tert-OH is 1. The van der Waals surface area contributed by atoms with Crippen LogP contribution in [-0.2, 0) is 0 Å². The average molecular weight is 301 g/mol. The van der Waals surface area contributed by atoms with E-state index in [0.29, 0.717) is 12.1 Å². The van der Waals surface area contributed by atoms with Crippen molar-refractivity contribution in [1.82, 2.24) is 5.32 Å². The number of hydrogen-bond donors (Lipinski definition) is 2. The monoisotopic (exact) mass is 300 g/mol. The molecule has 0 atom stereocenters. The minimum Gasteiger partial charge on any atom is -0.396 e. The molecule has 1 aromatic rings. The van der Waals surface area contributed by atoms with Crippen LogP contribution in [0, 0.1) is 10.1 Å². The molecule has 20 heavy (non-hydrogen) atoms. The fourth-order valence-electron chi connectivity index (χ4n) is 1.69. The fraction of sp³-hybridized carbons (Fsp3) is 0.462. The van der Waals surface area contributed by atoms with Gasteiger partial charge in [-0.05, 0) is 25.0 Å². The van der Waals surface area contributed by atoms with Gasteiger partial charge in [0.05, 0.1) is 4.92 Å². The molecule has 0 aliphatic rings. The molecule has 0 aliphatic carbocycles. The van der Waals surface area contributed by atoms with Gasteiger partial charge >= 0.3 is 0 Å². The largest absolute Gasteiger partial charge is 0.396 e. The molecule has 1 rings (SSSR count). The van der Waals surface area contributed by atoms with Gasteiger partial charge in [0, 0.05) is 24.8 Å². The van der Waals surface area contributed by atoms with Crippen LogP contribution in [0.15, 0.2) is 18.2 Å². The van der Waals surface area contributed by atoms with Crippen molar-refractivity contribution in [3.05, 3.63) is 38.9 Å². The van der Waals surface area contributed by atoms with Gasteiger partial charge in [-0.15, -0.1) is 0 Å². The summed E-state index contributed by atoms with van der Waals surface area (Å²) in [5.41, 5.74) is 0.0863. The summed E-state index contributed by atoms with van der Waals surface area (Å²) in [7, 11) is 0. The maximum Gasteiger partial charge on any atom is 0.287 e. The van der Waals surface area contributed by atoms with Crippen LogP contribution in [0.25, 0.3) is 0 Å². The first-order valence-electron chi connectivity index (χ1n) is 6.39. The van der Waals surface area contributed by atoms with E-state index in [1.54, 1.807) is 0 Å². The van der Waals surface area contributed by atoms with E-state index >= 15 is 0 Å². The van der Waals surface area contributed by atoms with Gasteiger partial charge < -0.3 is 10.4 Å². The maximum absolute atomic E-state index is 11.8. The number of carbonyl (C=O) groups excluding carboxylic acids is 1. The molecule has 0 aromatic heterocycles. The lowest BCUT2D eigenvalue weighted by atomic mass is 10.1. The predicted molar refractivity (Wildman–Crippen MR) is 76.0 cm³/mol. The van der Waals surface area contributed by atoms with Crippen LogP contribution >= 0.6 is 11.6 Å². The molecule has 110 valence electrons. The Bertz CT molecular complexity index is 479. The molecule has 0 spiro atoms. The standard InChI is InChI=1S/C13H17ClN2O4/c14-11-9-10(5-6-12(11)16(19)20)13(18)15-7-3-1-2-4-8-17/h5-6,9,17H,1-4,7-8H2,(H,15,18). The van der Waals surface area contributed by atoms with E-state index in [4.69, 9.17) is 16.7 Å². The number of carbonyl (C=O) groups is 1. The van der Waals surface area contributed by atoms with E-state index in [0.717, 1.165) is 25.7 Å². The first-order valence-corrected chi connectivity index (χ1v) is 6.77. The summed E-state index contributed by atoms with van der Waals surface area (Å²) in [5.74, 6) is -0.302. The molecular weight excluding hydrogens is 284 g/mol. The molecule has 0 aliphatic heterocycles. The number of halogens is 1. The predicted octanol–water partition coefficient (Wildman–Crippen LogP) is 2.53. The Kier molecular flexibility index (Phi) is 6.97. The molecule has 6 nitrogen and oxygen atoms in total. The molecule has 0 saturated heterocycles. The van der Waals surface area contributed by atoms with Gasteiger partial charge in [0.2, 0.25) is 0 Å². The van der Waals surface area contributed by atoms with E-state index in [-0.39, 0.29) is 23.2 Å². The molecule has 0 radical (unpaired) electrons. The Morgan fingerprint density at radius 1 is 1.30 bits per heavy atom. The number of amides is 1. The van der Waals surface area contributed by atoms with E-state index in [9.17, 15) is 14.9 Å². The molecule has 1 amide bonds. The molecule has 1 aromatic carbocycles. The number of unbranched alkanes of at least 4 members (excludes halogenated alkanes) is 3.